The van der Waals surface area contributed by atoms with Gasteiger partial charge in [0.2, 0.25) is 0 Å². The van der Waals surface area contributed by atoms with Crippen molar-refractivity contribution in [1.29, 1.82) is 0 Å². The Balaban J connectivity index is 2.53. The summed E-state index contributed by atoms with van der Waals surface area (Å²) in [7, 11) is 0. The lowest BCUT2D eigenvalue weighted by Gasteiger charge is -2.11. The smallest absolute Gasteiger partial charge is 0.319 e. The summed E-state index contributed by atoms with van der Waals surface area (Å²) >= 11 is 3.15. The Labute approximate surface area is 106 Å². The SMILES string of the molecule is O=C(NCC(O)CO)Nc1cc(F)ccc1Br. The Morgan fingerprint density at radius 2 is 2.24 bits per heavy atom. The Morgan fingerprint density at radius 3 is 2.88 bits per heavy atom. The number of rotatable bonds is 4. The molecule has 0 aliphatic heterocycles. The van der Waals surface area contributed by atoms with Crippen molar-refractivity contribution in [1.82, 2.24) is 5.32 Å². The normalized spacial score (nSPS) is 12.0. The lowest BCUT2D eigenvalue weighted by Crippen LogP contribution is -2.36. The number of urea groups is 1. The van der Waals surface area contributed by atoms with Crippen molar-refractivity contribution in [2.75, 3.05) is 18.5 Å². The van der Waals surface area contributed by atoms with Crippen LogP contribution in [0.2, 0.25) is 0 Å². The van der Waals surface area contributed by atoms with Crippen LogP contribution in [-0.4, -0.2) is 35.5 Å². The third-order valence-electron chi connectivity index (χ3n) is 1.89. The van der Waals surface area contributed by atoms with Gasteiger partial charge in [0.1, 0.15) is 5.82 Å². The van der Waals surface area contributed by atoms with Crippen molar-refractivity contribution in [3.05, 3.63) is 28.5 Å². The molecule has 1 rings (SSSR count). The number of aliphatic hydroxyl groups is 2. The quantitative estimate of drug-likeness (QED) is 0.671. The van der Waals surface area contributed by atoms with E-state index in [2.05, 4.69) is 26.6 Å². The van der Waals surface area contributed by atoms with Gasteiger partial charge in [-0.05, 0) is 34.1 Å². The highest BCUT2D eigenvalue weighted by Crippen LogP contribution is 2.22. The number of amides is 2. The fourth-order valence-electron chi connectivity index (χ4n) is 1.03. The molecule has 5 nitrogen and oxygen atoms in total. The van der Waals surface area contributed by atoms with Crippen LogP contribution >= 0.6 is 15.9 Å². The number of aliphatic hydroxyl groups excluding tert-OH is 2. The summed E-state index contributed by atoms with van der Waals surface area (Å²) in [6.45, 7) is -0.529. The fraction of sp³-hybridized carbons (Fsp3) is 0.300. The molecule has 0 spiro atoms. The predicted octanol–water partition coefficient (Wildman–Crippen LogP) is 1.06. The average Bonchev–Trinajstić information content (AvgIpc) is 2.30. The van der Waals surface area contributed by atoms with E-state index in [1.807, 2.05) is 0 Å². The minimum atomic E-state index is -1.02. The summed E-state index contributed by atoms with van der Waals surface area (Å²) in [5.41, 5.74) is 0.279. The average molecular weight is 307 g/mol. The summed E-state index contributed by atoms with van der Waals surface area (Å²) in [5.74, 6) is -0.473. The molecular weight excluding hydrogens is 295 g/mol. The van der Waals surface area contributed by atoms with Gasteiger partial charge in [-0.1, -0.05) is 0 Å². The standard InChI is InChI=1S/C10H12BrFN2O3/c11-8-2-1-6(12)3-9(8)14-10(17)13-4-7(16)5-15/h1-3,7,15-16H,4-5H2,(H2,13,14,17). The molecule has 0 saturated carbocycles. The molecule has 2 amide bonds. The van der Waals surface area contributed by atoms with E-state index in [9.17, 15) is 9.18 Å². The summed E-state index contributed by atoms with van der Waals surface area (Å²) < 4.78 is 13.4. The molecule has 0 saturated heterocycles. The van der Waals surface area contributed by atoms with Crippen molar-refractivity contribution in [2.45, 2.75) is 6.10 Å². The molecule has 1 unspecified atom stereocenters. The van der Waals surface area contributed by atoms with Crippen LogP contribution in [0.5, 0.6) is 0 Å². The van der Waals surface area contributed by atoms with Crippen molar-refractivity contribution in [3.8, 4) is 0 Å². The Bertz CT molecular complexity index is 403. The second-order valence-corrected chi connectivity index (χ2v) is 4.15. The highest BCUT2D eigenvalue weighted by Gasteiger charge is 2.08. The molecule has 7 heteroatoms. The zero-order chi connectivity index (χ0) is 12.8. The monoisotopic (exact) mass is 306 g/mol. The van der Waals surface area contributed by atoms with Crippen LogP contribution in [-0.2, 0) is 0 Å². The summed E-state index contributed by atoms with van der Waals surface area (Å²) in [6.07, 6.45) is -1.02. The van der Waals surface area contributed by atoms with Gasteiger partial charge in [-0.25, -0.2) is 9.18 Å². The number of anilines is 1. The number of carbonyl (C=O) groups is 1. The molecule has 0 radical (unpaired) electrons. The third kappa shape index (κ3) is 4.68. The number of hydrogen-bond donors (Lipinski definition) is 4. The van der Waals surface area contributed by atoms with E-state index in [0.29, 0.717) is 4.47 Å². The topological polar surface area (TPSA) is 81.6 Å². The lowest BCUT2D eigenvalue weighted by atomic mass is 10.3. The third-order valence-corrected chi connectivity index (χ3v) is 2.58. The molecule has 94 valence electrons. The van der Waals surface area contributed by atoms with Gasteiger partial charge < -0.3 is 20.8 Å². The maximum absolute atomic E-state index is 12.9. The molecule has 1 atom stereocenters. The lowest BCUT2D eigenvalue weighted by molar-refractivity contribution is 0.0965. The van der Waals surface area contributed by atoms with Gasteiger partial charge >= 0.3 is 6.03 Å². The highest BCUT2D eigenvalue weighted by atomic mass is 79.9. The molecule has 0 fully saturated rings. The van der Waals surface area contributed by atoms with E-state index in [-0.39, 0.29) is 12.2 Å². The summed E-state index contributed by atoms with van der Waals surface area (Å²) in [4.78, 5) is 11.3. The van der Waals surface area contributed by atoms with Crippen molar-refractivity contribution in [2.24, 2.45) is 0 Å². The van der Waals surface area contributed by atoms with Gasteiger partial charge in [-0.3, -0.25) is 0 Å². The first-order valence-electron chi connectivity index (χ1n) is 4.81. The van der Waals surface area contributed by atoms with E-state index < -0.39 is 24.6 Å². The van der Waals surface area contributed by atoms with Crippen LogP contribution in [0.4, 0.5) is 14.9 Å². The highest BCUT2D eigenvalue weighted by molar-refractivity contribution is 9.10. The minimum Gasteiger partial charge on any atom is -0.394 e. The van der Waals surface area contributed by atoms with E-state index >= 15 is 0 Å². The number of nitrogens with one attached hydrogen (secondary N) is 2. The van der Waals surface area contributed by atoms with Gasteiger partial charge in [-0.15, -0.1) is 0 Å². The van der Waals surface area contributed by atoms with E-state index in [0.717, 1.165) is 6.07 Å². The first-order chi connectivity index (χ1) is 8.02. The van der Waals surface area contributed by atoms with Crippen molar-refractivity contribution < 1.29 is 19.4 Å². The van der Waals surface area contributed by atoms with Gasteiger partial charge in [0.15, 0.2) is 0 Å². The van der Waals surface area contributed by atoms with Crippen LogP contribution in [0.25, 0.3) is 0 Å². The second-order valence-electron chi connectivity index (χ2n) is 3.30. The fourth-order valence-corrected chi connectivity index (χ4v) is 1.38. The number of hydrogen-bond acceptors (Lipinski definition) is 3. The largest absolute Gasteiger partial charge is 0.394 e. The molecule has 0 aliphatic rings. The number of halogens is 2. The van der Waals surface area contributed by atoms with Gasteiger partial charge in [0.05, 0.1) is 18.4 Å². The number of benzene rings is 1. The minimum absolute atomic E-state index is 0.0880. The van der Waals surface area contributed by atoms with Gasteiger partial charge in [-0.2, -0.15) is 0 Å². The van der Waals surface area contributed by atoms with Crippen molar-refractivity contribution in [3.63, 3.8) is 0 Å². The molecular formula is C10H12BrFN2O3. The maximum atomic E-state index is 12.9. The Kier molecular flexibility index (Phi) is 5.33. The zero-order valence-electron chi connectivity index (χ0n) is 8.78. The molecule has 0 aliphatic carbocycles. The molecule has 0 heterocycles. The van der Waals surface area contributed by atoms with Crippen LogP contribution in [0.1, 0.15) is 0 Å². The van der Waals surface area contributed by atoms with Crippen molar-refractivity contribution >= 4 is 27.6 Å². The Morgan fingerprint density at radius 1 is 1.53 bits per heavy atom. The second kappa shape index (κ2) is 6.53. The van der Waals surface area contributed by atoms with Crippen LogP contribution in [0.15, 0.2) is 22.7 Å². The van der Waals surface area contributed by atoms with E-state index in [4.69, 9.17) is 10.2 Å². The molecule has 1 aromatic rings. The van der Waals surface area contributed by atoms with Crippen LogP contribution < -0.4 is 10.6 Å². The van der Waals surface area contributed by atoms with E-state index in [1.165, 1.54) is 12.1 Å². The molecule has 4 N–H and O–H groups in total. The van der Waals surface area contributed by atoms with Gasteiger partial charge in [0.25, 0.3) is 0 Å². The molecule has 17 heavy (non-hydrogen) atoms. The first-order valence-corrected chi connectivity index (χ1v) is 5.61. The maximum Gasteiger partial charge on any atom is 0.319 e. The molecule has 1 aromatic carbocycles. The molecule has 0 bridgehead atoms. The molecule has 0 aromatic heterocycles. The first kappa shape index (κ1) is 13.9. The zero-order valence-corrected chi connectivity index (χ0v) is 10.4. The summed E-state index contributed by atoms with van der Waals surface area (Å²) in [5, 5.41) is 22.3. The predicted molar refractivity (Wildman–Crippen MR) is 64.2 cm³/mol. The van der Waals surface area contributed by atoms with E-state index in [1.54, 1.807) is 0 Å². The number of carbonyl (C=O) groups excluding carboxylic acids is 1. The van der Waals surface area contributed by atoms with Gasteiger partial charge in [0, 0.05) is 11.0 Å². The summed E-state index contributed by atoms with van der Waals surface area (Å²) in [6, 6.07) is 3.28. The Hall–Kier alpha value is -1.18. The van der Waals surface area contributed by atoms with Crippen LogP contribution in [0.3, 0.4) is 0 Å². The van der Waals surface area contributed by atoms with Crippen LogP contribution in [0, 0.1) is 5.82 Å².